The quantitative estimate of drug-likeness (QED) is 0.881. The van der Waals surface area contributed by atoms with Gasteiger partial charge in [0.05, 0.1) is 19.8 Å². The fourth-order valence-corrected chi connectivity index (χ4v) is 3.21. The van der Waals surface area contributed by atoms with Crippen molar-refractivity contribution in [2.75, 3.05) is 20.8 Å². The topological polar surface area (TPSA) is 67.8 Å². The Morgan fingerprint density at radius 1 is 1.04 bits per heavy atom. The van der Waals surface area contributed by atoms with Gasteiger partial charge in [0, 0.05) is 19.4 Å². The molecular formula is C19H21NO4. The number of carbonyl (C=O) groups is 1. The van der Waals surface area contributed by atoms with E-state index in [-0.39, 0.29) is 12.5 Å². The number of ether oxygens (including phenoxy) is 2. The Balaban J connectivity index is 1.73. The third kappa shape index (κ3) is 3.08. The van der Waals surface area contributed by atoms with Crippen molar-refractivity contribution >= 4 is 5.91 Å². The number of benzene rings is 2. The van der Waals surface area contributed by atoms with Gasteiger partial charge in [-0.15, -0.1) is 0 Å². The van der Waals surface area contributed by atoms with E-state index in [4.69, 9.17) is 9.47 Å². The summed E-state index contributed by atoms with van der Waals surface area (Å²) in [4.78, 5) is 12.6. The van der Waals surface area contributed by atoms with E-state index in [0.29, 0.717) is 29.9 Å². The molecule has 0 bridgehead atoms. The maximum Gasteiger partial charge on any atom is 0.258 e. The van der Waals surface area contributed by atoms with Gasteiger partial charge in [0.2, 0.25) is 0 Å². The van der Waals surface area contributed by atoms with Gasteiger partial charge >= 0.3 is 0 Å². The first-order valence-corrected chi connectivity index (χ1v) is 7.85. The van der Waals surface area contributed by atoms with Crippen LogP contribution in [0.15, 0.2) is 42.5 Å². The monoisotopic (exact) mass is 327 g/mol. The number of fused-ring (bicyclic) bond motifs is 1. The molecule has 126 valence electrons. The second-order valence-corrected chi connectivity index (χ2v) is 6.07. The van der Waals surface area contributed by atoms with Crippen molar-refractivity contribution in [3.8, 4) is 11.5 Å². The standard InChI is InChI=1S/C19H21NO4/c1-23-15-8-5-9-16(24-2)17(15)18(21)20-12-19(22)10-13-6-3-4-7-14(13)11-19/h3-9,22H,10-12H2,1-2H3,(H,20,21). The highest BCUT2D eigenvalue weighted by Crippen LogP contribution is 2.31. The zero-order valence-electron chi connectivity index (χ0n) is 13.8. The predicted molar refractivity (Wildman–Crippen MR) is 90.7 cm³/mol. The van der Waals surface area contributed by atoms with Gasteiger partial charge in [-0.2, -0.15) is 0 Å². The minimum absolute atomic E-state index is 0.168. The van der Waals surface area contributed by atoms with Crippen LogP contribution in [0.5, 0.6) is 11.5 Å². The first kappa shape index (κ1) is 16.3. The van der Waals surface area contributed by atoms with E-state index in [9.17, 15) is 9.90 Å². The smallest absolute Gasteiger partial charge is 0.258 e. The number of hydrogen-bond acceptors (Lipinski definition) is 4. The van der Waals surface area contributed by atoms with Crippen LogP contribution in [0, 0.1) is 0 Å². The summed E-state index contributed by atoms with van der Waals surface area (Å²) in [6.45, 7) is 0.168. The number of methoxy groups -OCH3 is 2. The van der Waals surface area contributed by atoms with E-state index < -0.39 is 5.60 Å². The van der Waals surface area contributed by atoms with Crippen molar-refractivity contribution in [2.45, 2.75) is 18.4 Å². The SMILES string of the molecule is COc1cccc(OC)c1C(=O)NCC1(O)Cc2ccccc2C1. The molecule has 24 heavy (non-hydrogen) atoms. The van der Waals surface area contributed by atoms with Crippen molar-refractivity contribution in [2.24, 2.45) is 0 Å². The molecule has 0 spiro atoms. The summed E-state index contributed by atoms with van der Waals surface area (Å²) in [5, 5.41) is 13.6. The normalized spacial score (nSPS) is 14.8. The van der Waals surface area contributed by atoms with Gasteiger partial charge in [0.1, 0.15) is 17.1 Å². The number of rotatable bonds is 5. The molecule has 0 atom stereocenters. The molecule has 1 amide bonds. The maximum absolute atomic E-state index is 12.6. The zero-order chi connectivity index (χ0) is 17.2. The lowest BCUT2D eigenvalue weighted by molar-refractivity contribution is 0.0478. The van der Waals surface area contributed by atoms with E-state index in [1.54, 1.807) is 18.2 Å². The highest BCUT2D eigenvalue weighted by atomic mass is 16.5. The molecule has 0 aliphatic heterocycles. The Bertz CT molecular complexity index is 710. The van der Waals surface area contributed by atoms with Crippen LogP contribution in [0.2, 0.25) is 0 Å². The fraction of sp³-hybridized carbons (Fsp3) is 0.316. The average molecular weight is 327 g/mol. The summed E-state index contributed by atoms with van der Waals surface area (Å²) in [5.74, 6) is 0.552. The lowest BCUT2D eigenvalue weighted by Crippen LogP contribution is -2.43. The van der Waals surface area contributed by atoms with Crippen molar-refractivity contribution in [1.82, 2.24) is 5.32 Å². The van der Waals surface area contributed by atoms with Gasteiger partial charge in [-0.3, -0.25) is 4.79 Å². The first-order valence-electron chi connectivity index (χ1n) is 7.85. The van der Waals surface area contributed by atoms with Crippen molar-refractivity contribution in [3.63, 3.8) is 0 Å². The fourth-order valence-electron chi connectivity index (χ4n) is 3.21. The van der Waals surface area contributed by atoms with Crippen LogP contribution in [-0.2, 0) is 12.8 Å². The van der Waals surface area contributed by atoms with Crippen LogP contribution in [0.3, 0.4) is 0 Å². The predicted octanol–water partition coefficient (Wildman–Crippen LogP) is 1.96. The van der Waals surface area contributed by atoms with Crippen LogP contribution >= 0.6 is 0 Å². The molecular weight excluding hydrogens is 306 g/mol. The molecule has 0 saturated heterocycles. The van der Waals surface area contributed by atoms with Gasteiger partial charge in [-0.1, -0.05) is 30.3 Å². The number of amides is 1. The summed E-state index contributed by atoms with van der Waals surface area (Å²) in [7, 11) is 3.01. The number of aliphatic hydroxyl groups is 1. The Morgan fingerprint density at radius 2 is 1.58 bits per heavy atom. The molecule has 0 fully saturated rings. The summed E-state index contributed by atoms with van der Waals surface area (Å²) < 4.78 is 10.5. The minimum atomic E-state index is -0.964. The van der Waals surface area contributed by atoms with E-state index in [1.165, 1.54) is 14.2 Å². The van der Waals surface area contributed by atoms with Gasteiger partial charge in [-0.05, 0) is 23.3 Å². The number of hydrogen-bond donors (Lipinski definition) is 2. The highest BCUT2D eigenvalue weighted by Gasteiger charge is 2.35. The molecule has 2 aromatic carbocycles. The summed E-state index contributed by atoms with van der Waals surface area (Å²) >= 11 is 0. The molecule has 0 radical (unpaired) electrons. The molecule has 5 nitrogen and oxygen atoms in total. The third-order valence-corrected chi connectivity index (χ3v) is 4.39. The van der Waals surface area contributed by atoms with Crippen LogP contribution < -0.4 is 14.8 Å². The number of nitrogens with one attached hydrogen (secondary N) is 1. The van der Waals surface area contributed by atoms with Crippen LogP contribution in [0.4, 0.5) is 0 Å². The van der Waals surface area contributed by atoms with Crippen molar-refractivity contribution in [1.29, 1.82) is 0 Å². The second-order valence-electron chi connectivity index (χ2n) is 6.07. The number of carbonyl (C=O) groups excluding carboxylic acids is 1. The van der Waals surface area contributed by atoms with Crippen LogP contribution in [0.1, 0.15) is 21.5 Å². The average Bonchev–Trinajstić information content (AvgIpc) is 2.95. The molecule has 0 aromatic heterocycles. The molecule has 0 saturated carbocycles. The molecule has 3 rings (SSSR count). The highest BCUT2D eigenvalue weighted by molar-refractivity contribution is 5.99. The zero-order valence-corrected chi connectivity index (χ0v) is 13.8. The van der Waals surface area contributed by atoms with Gasteiger partial charge < -0.3 is 19.9 Å². The third-order valence-electron chi connectivity index (χ3n) is 4.39. The van der Waals surface area contributed by atoms with E-state index in [1.807, 2.05) is 24.3 Å². The Hall–Kier alpha value is -2.53. The Labute approximate surface area is 141 Å². The molecule has 5 heteroatoms. The van der Waals surface area contributed by atoms with Crippen molar-refractivity contribution in [3.05, 3.63) is 59.2 Å². The summed E-state index contributed by atoms with van der Waals surface area (Å²) in [6.07, 6.45) is 1.07. The Morgan fingerprint density at radius 3 is 2.08 bits per heavy atom. The Kier molecular flexibility index (Phi) is 4.44. The van der Waals surface area contributed by atoms with Crippen LogP contribution in [-0.4, -0.2) is 37.4 Å². The molecule has 0 unspecified atom stereocenters. The lowest BCUT2D eigenvalue weighted by atomic mass is 10.0. The molecule has 1 aliphatic carbocycles. The summed E-state index contributed by atoms with van der Waals surface area (Å²) in [6, 6.07) is 13.1. The van der Waals surface area contributed by atoms with E-state index in [0.717, 1.165) is 11.1 Å². The van der Waals surface area contributed by atoms with Crippen LogP contribution in [0.25, 0.3) is 0 Å². The van der Waals surface area contributed by atoms with E-state index in [2.05, 4.69) is 5.32 Å². The molecule has 0 heterocycles. The lowest BCUT2D eigenvalue weighted by Gasteiger charge is -2.23. The summed E-state index contributed by atoms with van der Waals surface area (Å²) in [5.41, 5.74) is 1.63. The largest absolute Gasteiger partial charge is 0.496 e. The minimum Gasteiger partial charge on any atom is -0.496 e. The second kappa shape index (κ2) is 6.53. The van der Waals surface area contributed by atoms with Gasteiger partial charge in [-0.25, -0.2) is 0 Å². The van der Waals surface area contributed by atoms with Gasteiger partial charge in [0.15, 0.2) is 0 Å². The molecule has 2 aromatic rings. The van der Waals surface area contributed by atoms with Crippen molar-refractivity contribution < 1.29 is 19.4 Å². The van der Waals surface area contributed by atoms with E-state index >= 15 is 0 Å². The molecule has 1 aliphatic rings. The first-order chi connectivity index (χ1) is 11.6. The van der Waals surface area contributed by atoms with Gasteiger partial charge in [0.25, 0.3) is 5.91 Å². The maximum atomic E-state index is 12.6. The molecule has 2 N–H and O–H groups in total.